The van der Waals surface area contributed by atoms with Crippen LogP contribution in [0.1, 0.15) is 35.8 Å². The number of para-hydroxylation sites is 1. The Morgan fingerprint density at radius 1 is 1.44 bits per heavy atom. The lowest BCUT2D eigenvalue weighted by molar-refractivity contribution is -0.137. The Hall–Kier alpha value is -2.25. The van der Waals surface area contributed by atoms with Crippen LogP contribution >= 0.6 is 23.6 Å². The summed E-state index contributed by atoms with van der Waals surface area (Å²) in [7, 11) is 0. The first-order valence-electron chi connectivity index (χ1n) is 8.03. The molecule has 0 amide bonds. The molecular formula is C18H18N2O3S2. The first-order chi connectivity index (χ1) is 12.0. The van der Waals surface area contributed by atoms with E-state index in [1.807, 2.05) is 18.2 Å². The average molecular weight is 374 g/mol. The Labute approximate surface area is 154 Å². The van der Waals surface area contributed by atoms with Crippen molar-refractivity contribution in [2.24, 2.45) is 4.99 Å². The van der Waals surface area contributed by atoms with Gasteiger partial charge < -0.3 is 10.2 Å². The molecule has 0 saturated heterocycles. The molecule has 3 rings (SSSR count). The smallest absolute Gasteiger partial charge is 0.303 e. The molecule has 1 aromatic heterocycles. The minimum Gasteiger partial charge on any atom is -0.493 e. The summed E-state index contributed by atoms with van der Waals surface area (Å²) in [5.41, 5.74) is 4.17. The monoisotopic (exact) mass is 374 g/mol. The molecule has 1 aromatic carbocycles. The number of allylic oxidation sites excluding steroid dienone is 1. The van der Waals surface area contributed by atoms with Crippen molar-refractivity contribution in [3.63, 3.8) is 0 Å². The maximum Gasteiger partial charge on any atom is 0.303 e. The van der Waals surface area contributed by atoms with E-state index in [4.69, 9.17) is 17.3 Å². The summed E-state index contributed by atoms with van der Waals surface area (Å²) >= 11 is 6.62. The fourth-order valence-corrected chi connectivity index (χ4v) is 4.13. The predicted octanol–water partition coefficient (Wildman–Crippen LogP) is 4.67. The molecule has 0 bridgehead atoms. The molecule has 0 unspecified atom stereocenters. The minimum atomic E-state index is -0.853. The minimum absolute atomic E-state index is 0.0489. The third kappa shape index (κ3) is 3.57. The van der Waals surface area contributed by atoms with E-state index in [1.54, 1.807) is 10.8 Å². The van der Waals surface area contributed by atoms with Gasteiger partial charge in [-0.1, -0.05) is 25.1 Å². The highest BCUT2D eigenvalue weighted by molar-refractivity contribution is 7.73. The van der Waals surface area contributed by atoms with E-state index in [-0.39, 0.29) is 12.3 Å². The number of aliphatic imine (C=N–C) groups is 1. The number of aromatic nitrogens is 1. The van der Waals surface area contributed by atoms with Crippen LogP contribution in [0.4, 0.5) is 5.69 Å². The van der Waals surface area contributed by atoms with E-state index in [2.05, 4.69) is 18.0 Å². The molecule has 130 valence electrons. The van der Waals surface area contributed by atoms with E-state index < -0.39 is 5.97 Å². The number of carboxylic acid groups (broad SMARTS) is 1. The van der Waals surface area contributed by atoms with E-state index in [9.17, 15) is 9.90 Å². The molecule has 2 aromatic rings. The van der Waals surface area contributed by atoms with Crippen LogP contribution in [-0.2, 0) is 17.8 Å². The van der Waals surface area contributed by atoms with E-state index >= 15 is 0 Å². The standard InChI is InChI=1S/C18H18N2O3S2/c1-2-11-5-3-6-13-12(10-19-16(11)13)9-14-17(23)20(18(24)25-14)8-4-7-15(21)22/h3,5-6,9-10,23H,2,4,7-8H2,1H3,(H,21,22)/b12-9-. The summed E-state index contributed by atoms with van der Waals surface area (Å²) in [6.07, 6.45) is 5.08. The van der Waals surface area contributed by atoms with E-state index in [1.165, 1.54) is 16.9 Å². The Bertz CT molecular complexity index is 938. The fourth-order valence-electron chi connectivity index (χ4n) is 2.82. The summed E-state index contributed by atoms with van der Waals surface area (Å²) in [6.45, 7) is 2.49. The van der Waals surface area contributed by atoms with Crippen molar-refractivity contribution in [1.82, 2.24) is 4.57 Å². The first kappa shape index (κ1) is 17.6. The molecule has 7 heteroatoms. The number of carboxylic acids is 1. The fraction of sp³-hybridized carbons (Fsp3) is 0.278. The predicted molar refractivity (Wildman–Crippen MR) is 104 cm³/mol. The van der Waals surface area contributed by atoms with Crippen LogP contribution in [0, 0.1) is 3.95 Å². The second-order valence-corrected chi connectivity index (χ2v) is 7.41. The van der Waals surface area contributed by atoms with Gasteiger partial charge in [-0.2, -0.15) is 0 Å². The number of aliphatic carboxylic acids is 1. The van der Waals surface area contributed by atoms with Crippen molar-refractivity contribution >= 4 is 53.1 Å². The Balaban J connectivity index is 1.91. The molecule has 0 radical (unpaired) electrons. The number of hydrogen-bond acceptors (Lipinski definition) is 5. The Morgan fingerprint density at radius 2 is 2.24 bits per heavy atom. The molecule has 2 N–H and O–H groups in total. The summed E-state index contributed by atoms with van der Waals surface area (Å²) in [6, 6.07) is 6.10. The second-order valence-electron chi connectivity index (χ2n) is 5.73. The molecule has 5 nitrogen and oxygen atoms in total. The van der Waals surface area contributed by atoms with Gasteiger partial charge in [-0.25, -0.2) is 0 Å². The van der Waals surface area contributed by atoms with Crippen molar-refractivity contribution in [3.05, 3.63) is 38.2 Å². The van der Waals surface area contributed by atoms with E-state index in [0.717, 1.165) is 23.2 Å². The van der Waals surface area contributed by atoms with Crippen LogP contribution < -0.4 is 0 Å². The Morgan fingerprint density at radius 3 is 2.96 bits per heavy atom. The van der Waals surface area contributed by atoms with Gasteiger partial charge in [0.2, 0.25) is 5.88 Å². The zero-order valence-corrected chi connectivity index (χ0v) is 15.4. The normalized spacial score (nSPS) is 14.2. The van der Waals surface area contributed by atoms with Crippen LogP contribution in [0.15, 0.2) is 23.2 Å². The number of nitrogens with zero attached hydrogens (tertiary/aromatic N) is 2. The van der Waals surface area contributed by atoms with Crippen LogP contribution in [0.5, 0.6) is 5.88 Å². The van der Waals surface area contributed by atoms with Crippen molar-refractivity contribution < 1.29 is 15.0 Å². The third-order valence-corrected chi connectivity index (χ3v) is 5.48. The maximum atomic E-state index is 10.6. The highest BCUT2D eigenvalue weighted by Gasteiger charge is 2.17. The summed E-state index contributed by atoms with van der Waals surface area (Å²) in [4.78, 5) is 15.8. The summed E-state index contributed by atoms with van der Waals surface area (Å²) < 4.78 is 2.12. The van der Waals surface area contributed by atoms with Gasteiger partial charge in [-0.05, 0) is 36.7 Å². The number of fused-ring (bicyclic) bond motifs is 1. The van der Waals surface area contributed by atoms with Gasteiger partial charge in [0.15, 0.2) is 3.95 Å². The molecule has 0 spiro atoms. The molecule has 0 atom stereocenters. The molecule has 1 aliphatic heterocycles. The van der Waals surface area contributed by atoms with E-state index in [0.29, 0.717) is 21.8 Å². The van der Waals surface area contributed by atoms with Crippen LogP contribution in [0.2, 0.25) is 0 Å². The molecule has 0 fully saturated rings. The van der Waals surface area contributed by atoms with Gasteiger partial charge in [0.1, 0.15) is 0 Å². The number of aryl methyl sites for hydroxylation is 1. The number of aromatic hydroxyl groups is 1. The lowest BCUT2D eigenvalue weighted by Crippen LogP contribution is -2.01. The highest BCUT2D eigenvalue weighted by Crippen LogP contribution is 2.38. The summed E-state index contributed by atoms with van der Waals surface area (Å²) in [5, 5.41) is 19.2. The lowest BCUT2D eigenvalue weighted by Gasteiger charge is -2.05. The maximum absolute atomic E-state index is 10.6. The largest absolute Gasteiger partial charge is 0.493 e. The van der Waals surface area contributed by atoms with Gasteiger partial charge >= 0.3 is 5.97 Å². The molecule has 0 aliphatic carbocycles. The van der Waals surface area contributed by atoms with Crippen molar-refractivity contribution in [2.45, 2.75) is 32.7 Å². The highest BCUT2D eigenvalue weighted by atomic mass is 32.1. The number of thiazole rings is 1. The van der Waals surface area contributed by atoms with Crippen LogP contribution in [0.25, 0.3) is 11.6 Å². The average Bonchev–Trinajstić information content (AvgIpc) is 3.11. The number of rotatable bonds is 6. The van der Waals surface area contributed by atoms with Gasteiger partial charge in [0.05, 0.1) is 10.6 Å². The second kappa shape index (κ2) is 7.33. The quantitative estimate of drug-likeness (QED) is 0.721. The topological polar surface area (TPSA) is 74.8 Å². The van der Waals surface area contributed by atoms with Gasteiger partial charge in [0.25, 0.3) is 0 Å². The molecule has 25 heavy (non-hydrogen) atoms. The molecule has 0 saturated carbocycles. The zero-order chi connectivity index (χ0) is 18.0. The van der Waals surface area contributed by atoms with Crippen LogP contribution in [0.3, 0.4) is 0 Å². The summed E-state index contributed by atoms with van der Waals surface area (Å²) in [5.74, 6) is -0.768. The molecule has 2 heterocycles. The number of benzene rings is 1. The lowest BCUT2D eigenvalue weighted by atomic mass is 10.0. The Kier molecular flexibility index (Phi) is 5.15. The number of hydrogen-bond donors (Lipinski definition) is 2. The number of carbonyl (C=O) groups is 1. The SMILES string of the molecule is CCc1cccc2c1N=C/C2=C/c1sc(=S)n(CCCC(=O)O)c1O. The van der Waals surface area contributed by atoms with Gasteiger partial charge in [0, 0.05) is 30.3 Å². The third-order valence-electron chi connectivity index (χ3n) is 4.10. The molecule has 1 aliphatic rings. The van der Waals surface area contributed by atoms with Gasteiger partial charge in [-0.3, -0.25) is 14.4 Å². The molecular weight excluding hydrogens is 356 g/mol. The zero-order valence-electron chi connectivity index (χ0n) is 13.7. The van der Waals surface area contributed by atoms with Crippen LogP contribution in [-0.4, -0.2) is 27.0 Å². The van der Waals surface area contributed by atoms with Crippen molar-refractivity contribution in [1.29, 1.82) is 0 Å². The first-order valence-corrected chi connectivity index (χ1v) is 9.26. The van der Waals surface area contributed by atoms with Gasteiger partial charge in [-0.15, -0.1) is 11.3 Å². The van der Waals surface area contributed by atoms with Crippen molar-refractivity contribution in [2.75, 3.05) is 0 Å². The van der Waals surface area contributed by atoms with Crippen molar-refractivity contribution in [3.8, 4) is 5.88 Å².